The number of carbonyl (C=O) groups excluding carboxylic acids is 1. The van der Waals surface area contributed by atoms with Crippen LogP contribution in [-0.4, -0.2) is 57.2 Å². The summed E-state index contributed by atoms with van der Waals surface area (Å²) in [6.07, 6.45) is 0.847. The zero-order chi connectivity index (χ0) is 21.8. The monoisotopic (exact) mass is 427 g/mol. The highest BCUT2D eigenvalue weighted by molar-refractivity contribution is 7.22. The highest BCUT2D eigenvalue weighted by Crippen LogP contribution is 2.34. The Morgan fingerprint density at radius 2 is 1.77 bits per heavy atom. The maximum Gasteiger partial charge on any atom is 0.260 e. The van der Waals surface area contributed by atoms with E-state index < -0.39 is 0 Å². The number of carbonyl (C=O) groups is 1. The molecule has 160 valence electrons. The van der Waals surface area contributed by atoms with E-state index in [1.807, 2.05) is 14.1 Å². The summed E-state index contributed by atoms with van der Waals surface area (Å²) in [5.41, 5.74) is 3.86. The molecule has 3 aromatic rings. The number of thiazole rings is 1. The Hall–Kier alpha value is -2.64. The lowest BCUT2D eigenvalue weighted by Crippen LogP contribution is -2.33. The number of amides is 1. The number of nitrogens with zero attached hydrogens (tertiary/aromatic N) is 3. The maximum atomic E-state index is 13.5. The van der Waals surface area contributed by atoms with Gasteiger partial charge >= 0.3 is 0 Å². The Kier molecular flexibility index (Phi) is 6.95. The predicted octanol–water partition coefficient (Wildman–Crippen LogP) is 4.53. The van der Waals surface area contributed by atoms with Crippen LogP contribution < -0.4 is 14.4 Å². The van der Waals surface area contributed by atoms with Crippen LogP contribution in [0.4, 0.5) is 5.13 Å². The highest BCUT2D eigenvalue weighted by Gasteiger charge is 2.23. The molecule has 0 unspecified atom stereocenters. The van der Waals surface area contributed by atoms with Crippen LogP contribution in [0, 0.1) is 13.8 Å². The van der Waals surface area contributed by atoms with Crippen molar-refractivity contribution in [1.29, 1.82) is 0 Å². The third-order valence-electron chi connectivity index (χ3n) is 5.17. The Balaban J connectivity index is 2.00. The first-order valence-electron chi connectivity index (χ1n) is 9.91. The number of aryl methyl sites for hydroxylation is 2. The van der Waals surface area contributed by atoms with Crippen LogP contribution in [-0.2, 0) is 0 Å². The molecule has 30 heavy (non-hydrogen) atoms. The van der Waals surface area contributed by atoms with Crippen molar-refractivity contribution in [2.45, 2.75) is 20.3 Å². The number of methoxy groups -OCH3 is 2. The van der Waals surface area contributed by atoms with Crippen LogP contribution in [0.5, 0.6) is 11.5 Å². The van der Waals surface area contributed by atoms with E-state index in [4.69, 9.17) is 14.5 Å². The third kappa shape index (κ3) is 4.57. The van der Waals surface area contributed by atoms with Gasteiger partial charge in [-0.3, -0.25) is 9.69 Å². The predicted molar refractivity (Wildman–Crippen MR) is 123 cm³/mol. The molecule has 0 N–H and O–H groups in total. The van der Waals surface area contributed by atoms with E-state index in [2.05, 4.69) is 30.9 Å². The molecule has 0 aliphatic heterocycles. The van der Waals surface area contributed by atoms with Gasteiger partial charge in [0.2, 0.25) is 0 Å². The Bertz CT molecular complexity index is 1050. The number of hydrogen-bond donors (Lipinski definition) is 0. The van der Waals surface area contributed by atoms with Gasteiger partial charge in [-0.2, -0.15) is 0 Å². The van der Waals surface area contributed by atoms with Gasteiger partial charge in [0.05, 0.1) is 24.4 Å². The summed E-state index contributed by atoms with van der Waals surface area (Å²) < 4.78 is 11.8. The quantitative estimate of drug-likeness (QED) is 0.529. The molecular weight excluding hydrogens is 398 g/mol. The van der Waals surface area contributed by atoms with Crippen molar-refractivity contribution in [3.63, 3.8) is 0 Å². The summed E-state index contributed by atoms with van der Waals surface area (Å²) >= 11 is 1.55. The number of rotatable bonds is 8. The normalized spacial score (nSPS) is 11.2. The zero-order valence-electron chi connectivity index (χ0n) is 18.5. The van der Waals surface area contributed by atoms with Gasteiger partial charge in [-0.05, 0) is 76.3 Å². The zero-order valence-corrected chi connectivity index (χ0v) is 19.3. The molecule has 0 aliphatic carbocycles. The molecule has 6 nitrogen and oxygen atoms in total. The molecular formula is C23H29N3O3S. The summed E-state index contributed by atoms with van der Waals surface area (Å²) in [5, 5.41) is 0.720. The second kappa shape index (κ2) is 9.45. The van der Waals surface area contributed by atoms with Crippen LogP contribution in [0.1, 0.15) is 27.9 Å². The van der Waals surface area contributed by atoms with Crippen molar-refractivity contribution < 1.29 is 14.3 Å². The molecule has 7 heteroatoms. The first-order chi connectivity index (χ1) is 14.3. The van der Waals surface area contributed by atoms with E-state index in [1.165, 1.54) is 5.56 Å². The second-order valence-corrected chi connectivity index (χ2v) is 8.54. The van der Waals surface area contributed by atoms with Crippen LogP contribution in [0.15, 0.2) is 30.3 Å². The summed E-state index contributed by atoms with van der Waals surface area (Å²) in [5.74, 6) is 1.04. The highest BCUT2D eigenvalue weighted by atomic mass is 32.1. The van der Waals surface area contributed by atoms with E-state index in [1.54, 1.807) is 48.7 Å². The van der Waals surface area contributed by atoms with Crippen LogP contribution in [0.2, 0.25) is 0 Å². The Labute approximate surface area is 182 Å². The average molecular weight is 428 g/mol. The number of aromatic nitrogens is 1. The van der Waals surface area contributed by atoms with Crippen molar-refractivity contribution in [2.24, 2.45) is 0 Å². The van der Waals surface area contributed by atoms with Crippen molar-refractivity contribution in [3.8, 4) is 11.5 Å². The average Bonchev–Trinajstić information content (AvgIpc) is 3.17. The lowest BCUT2D eigenvalue weighted by Gasteiger charge is -2.21. The minimum Gasteiger partial charge on any atom is -0.493 e. The van der Waals surface area contributed by atoms with Crippen molar-refractivity contribution in [3.05, 3.63) is 47.0 Å². The molecule has 0 saturated heterocycles. The molecule has 1 aromatic heterocycles. The fourth-order valence-electron chi connectivity index (χ4n) is 3.28. The molecule has 1 heterocycles. The van der Waals surface area contributed by atoms with Crippen molar-refractivity contribution >= 4 is 32.6 Å². The van der Waals surface area contributed by atoms with Crippen molar-refractivity contribution in [2.75, 3.05) is 46.3 Å². The van der Waals surface area contributed by atoms with Crippen LogP contribution in [0.3, 0.4) is 0 Å². The van der Waals surface area contributed by atoms with Gasteiger partial charge in [-0.25, -0.2) is 4.98 Å². The van der Waals surface area contributed by atoms with E-state index >= 15 is 0 Å². The molecule has 0 atom stereocenters. The summed E-state index contributed by atoms with van der Waals surface area (Å²) in [6.45, 7) is 5.63. The number of fused-ring (bicyclic) bond motifs is 1. The Morgan fingerprint density at radius 1 is 1.03 bits per heavy atom. The number of benzene rings is 2. The third-order valence-corrected chi connectivity index (χ3v) is 6.21. The number of anilines is 1. The van der Waals surface area contributed by atoms with Crippen LogP contribution >= 0.6 is 11.3 Å². The molecule has 0 aliphatic rings. The van der Waals surface area contributed by atoms with Crippen molar-refractivity contribution in [1.82, 2.24) is 9.88 Å². The molecule has 1 amide bonds. The molecule has 0 fully saturated rings. The number of ether oxygens (including phenoxy) is 2. The van der Waals surface area contributed by atoms with Crippen LogP contribution in [0.25, 0.3) is 10.2 Å². The van der Waals surface area contributed by atoms with Gasteiger partial charge in [0.25, 0.3) is 5.91 Å². The summed E-state index contributed by atoms with van der Waals surface area (Å²) in [4.78, 5) is 22.2. The van der Waals surface area contributed by atoms with Gasteiger partial charge in [0, 0.05) is 12.1 Å². The standard InChI is InChI=1S/C23H29N3O3S/c1-15-8-11-20-21(16(15)2)24-23(30-20)26(13-7-12-25(3)4)22(27)17-9-10-18(28-5)19(14-17)29-6/h8-11,14H,7,12-13H2,1-6H3. The molecule has 0 bridgehead atoms. The SMILES string of the molecule is COc1ccc(C(=O)N(CCCN(C)C)c2nc3c(C)c(C)ccc3s2)cc1OC. The topological polar surface area (TPSA) is 54.9 Å². The van der Waals surface area contributed by atoms with E-state index in [0.717, 1.165) is 33.9 Å². The molecule has 0 spiro atoms. The second-order valence-electron chi connectivity index (χ2n) is 7.53. The van der Waals surface area contributed by atoms with E-state index in [9.17, 15) is 4.79 Å². The van der Waals surface area contributed by atoms with Gasteiger partial charge in [-0.15, -0.1) is 0 Å². The lowest BCUT2D eigenvalue weighted by atomic mass is 10.1. The fourth-order valence-corrected chi connectivity index (χ4v) is 4.33. The van der Waals surface area contributed by atoms with Gasteiger partial charge in [-0.1, -0.05) is 17.4 Å². The minimum absolute atomic E-state index is 0.0943. The van der Waals surface area contributed by atoms with Gasteiger partial charge in [0.15, 0.2) is 16.6 Å². The van der Waals surface area contributed by atoms with Gasteiger partial charge in [0.1, 0.15) is 0 Å². The lowest BCUT2D eigenvalue weighted by molar-refractivity contribution is 0.0985. The minimum atomic E-state index is -0.0943. The Morgan fingerprint density at radius 3 is 2.43 bits per heavy atom. The molecule has 0 saturated carbocycles. The molecule has 0 radical (unpaired) electrons. The van der Waals surface area contributed by atoms with Gasteiger partial charge < -0.3 is 14.4 Å². The smallest absolute Gasteiger partial charge is 0.260 e. The van der Waals surface area contributed by atoms with E-state index in [0.29, 0.717) is 23.6 Å². The first-order valence-corrected chi connectivity index (χ1v) is 10.7. The number of hydrogen-bond acceptors (Lipinski definition) is 6. The van der Waals surface area contributed by atoms with E-state index in [-0.39, 0.29) is 5.91 Å². The molecule has 3 rings (SSSR count). The largest absolute Gasteiger partial charge is 0.493 e. The first kappa shape index (κ1) is 22.1. The maximum absolute atomic E-state index is 13.5. The summed E-state index contributed by atoms with van der Waals surface area (Å²) in [7, 11) is 7.21. The molecule has 2 aromatic carbocycles. The summed E-state index contributed by atoms with van der Waals surface area (Å²) in [6, 6.07) is 9.44. The fraction of sp³-hybridized carbons (Fsp3) is 0.391.